The molecule has 1 aliphatic heterocycles. The van der Waals surface area contributed by atoms with Gasteiger partial charge in [-0.15, -0.1) is 0 Å². The van der Waals surface area contributed by atoms with Gasteiger partial charge in [0.2, 0.25) is 0 Å². The number of nitrogens with one attached hydrogen (secondary N) is 1. The molecule has 3 heterocycles. The number of hydrogen-bond acceptors (Lipinski definition) is 4. The first kappa shape index (κ1) is 16.5. The van der Waals surface area contributed by atoms with E-state index in [-0.39, 0.29) is 12.1 Å². The summed E-state index contributed by atoms with van der Waals surface area (Å²) in [6.07, 6.45) is 6.08. The van der Waals surface area contributed by atoms with E-state index in [4.69, 9.17) is 4.74 Å². The standard InChI is InChI=1S/C18H24N4O2/c1-11-9-19-16-14(11)15(20-10-21-16)13-6-7-22(12(2)8-13)17(23)24-18(3,4)5/h6,9-10,12H,7-8H2,1-5H3,(H,19,20,21). The van der Waals surface area contributed by atoms with Crippen LogP contribution in [0, 0.1) is 6.92 Å². The van der Waals surface area contributed by atoms with Crippen LogP contribution in [0.25, 0.3) is 16.6 Å². The normalized spacial score (nSPS) is 18.6. The van der Waals surface area contributed by atoms with Crippen molar-refractivity contribution in [3.63, 3.8) is 0 Å². The van der Waals surface area contributed by atoms with Crippen molar-refractivity contribution in [2.75, 3.05) is 6.54 Å². The van der Waals surface area contributed by atoms with Crippen LogP contribution in [0.2, 0.25) is 0 Å². The Balaban J connectivity index is 1.87. The number of fused-ring (bicyclic) bond motifs is 1. The SMILES string of the molecule is Cc1c[nH]c2ncnc(C3=CCN(C(=O)OC(C)(C)C)C(C)C3)c12. The van der Waals surface area contributed by atoms with Crippen molar-refractivity contribution in [2.45, 2.75) is 52.7 Å². The number of amides is 1. The van der Waals surface area contributed by atoms with Crippen molar-refractivity contribution in [1.29, 1.82) is 0 Å². The maximum absolute atomic E-state index is 12.3. The molecule has 2 aromatic heterocycles. The summed E-state index contributed by atoms with van der Waals surface area (Å²) in [5.41, 5.74) is 3.60. The van der Waals surface area contributed by atoms with E-state index in [1.807, 2.05) is 40.8 Å². The summed E-state index contributed by atoms with van der Waals surface area (Å²) in [7, 11) is 0. The Hall–Kier alpha value is -2.37. The van der Waals surface area contributed by atoms with Crippen molar-refractivity contribution >= 4 is 22.7 Å². The molecule has 1 aliphatic rings. The van der Waals surface area contributed by atoms with Gasteiger partial charge < -0.3 is 14.6 Å². The van der Waals surface area contributed by atoms with Gasteiger partial charge in [-0.1, -0.05) is 6.08 Å². The Labute approximate surface area is 141 Å². The Morgan fingerprint density at radius 2 is 2.12 bits per heavy atom. The molecule has 24 heavy (non-hydrogen) atoms. The number of aromatic amines is 1. The zero-order valence-corrected chi connectivity index (χ0v) is 14.9. The van der Waals surface area contributed by atoms with Gasteiger partial charge in [0.1, 0.15) is 17.6 Å². The number of nitrogens with zero attached hydrogens (tertiary/aromatic N) is 3. The molecule has 6 heteroatoms. The third-order valence-corrected chi connectivity index (χ3v) is 4.18. The zero-order chi connectivity index (χ0) is 17.5. The van der Waals surface area contributed by atoms with E-state index in [2.05, 4.69) is 21.0 Å². The van der Waals surface area contributed by atoms with Gasteiger partial charge in [-0.05, 0) is 52.2 Å². The van der Waals surface area contributed by atoms with Crippen LogP contribution >= 0.6 is 0 Å². The van der Waals surface area contributed by atoms with Gasteiger partial charge in [-0.25, -0.2) is 14.8 Å². The van der Waals surface area contributed by atoms with Crippen LogP contribution < -0.4 is 0 Å². The van der Waals surface area contributed by atoms with Gasteiger partial charge in [0.25, 0.3) is 0 Å². The van der Waals surface area contributed by atoms with E-state index in [1.165, 1.54) is 0 Å². The molecule has 0 spiro atoms. The van der Waals surface area contributed by atoms with Crippen LogP contribution in [-0.2, 0) is 4.74 Å². The summed E-state index contributed by atoms with van der Waals surface area (Å²) in [6, 6.07) is 0.0594. The summed E-state index contributed by atoms with van der Waals surface area (Å²) in [5.74, 6) is 0. The van der Waals surface area contributed by atoms with Crippen molar-refractivity contribution in [2.24, 2.45) is 0 Å². The average molecular weight is 328 g/mol. The Kier molecular flexibility index (Phi) is 4.07. The van der Waals surface area contributed by atoms with Crippen LogP contribution in [-0.4, -0.2) is 44.1 Å². The molecule has 0 bridgehead atoms. The summed E-state index contributed by atoms with van der Waals surface area (Å²) in [4.78, 5) is 26.0. The van der Waals surface area contributed by atoms with E-state index >= 15 is 0 Å². The molecular weight excluding hydrogens is 304 g/mol. The number of aryl methyl sites for hydroxylation is 1. The predicted octanol–water partition coefficient (Wildman–Crippen LogP) is 3.68. The molecule has 6 nitrogen and oxygen atoms in total. The summed E-state index contributed by atoms with van der Waals surface area (Å²) in [6.45, 7) is 10.3. The molecule has 0 saturated heterocycles. The first-order valence-electron chi connectivity index (χ1n) is 8.24. The molecule has 0 radical (unpaired) electrons. The van der Waals surface area contributed by atoms with Crippen molar-refractivity contribution in [3.05, 3.63) is 29.9 Å². The third-order valence-electron chi connectivity index (χ3n) is 4.18. The van der Waals surface area contributed by atoms with E-state index in [9.17, 15) is 4.79 Å². The van der Waals surface area contributed by atoms with Gasteiger partial charge in [-0.2, -0.15) is 0 Å². The van der Waals surface area contributed by atoms with Gasteiger partial charge in [0.15, 0.2) is 0 Å². The molecule has 1 unspecified atom stereocenters. The van der Waals surface area contributed by atoms with Gasteiger partial charge >= 0.3 is 6.09 Å². The smallest absolute Gasteiger partial charge is 0.410 e. The van der Waals surface area contributed by atoms with Gasteiger partial charge in [0, 0.05) is 24.2 Å². The molecule has 128 valence electrons. The van der Waals surface area contributed by atoms with Crippen LogP contribution in [0.15, 0.2) is 18.6 Å². The Bertz CT molecular complexity index is 801. The molecule has 1 atom stereocenters. The molecule has 0 fully saturated rings. The monoisotopic (exact) mass is 328 g/mol. The molecule has 0 aliphatic carbocycles. The number of ether oxygens (including phenoxy) is 1. The third kappa shape index (κ3) is 3.13. The zero-order valence-electron chi connectivity index (χ0n) is 14.9. The van der Waals surface area contributed by atoms with Crippen LogP contribution in [0.4, 0.5) is 4.79 Å². The molecule has 1 N–H and O–H groups in total. The first-order valence-corrected chi connectivity index (χ1v) is 8.24. The second-order valence-corrected chi connectivity index (χ2v) is 7.33. The van der Waals surface area contributed by atoms with E-state index < -0.39 is 5.60 Å². The Morgan fingerprint density at radius 3 is 2.79 bits per heavy atom. The summed E-state index contributed by atoms with van der Waals surface area (Å²) in [5, 5.41) is 1.06. The number of rotatable bonds is 1. The minimum absolute atomic E-state index is 0.0594. The fourth-order valence-electron chi connectivity index (χ4n) is 3.03. The molecule has 3 rings (SSSR count). The van der Waals surface area contributed by atoms with E-state index in [0.717, 1.165) is 34.3 Å². The van der Waals surface area contributed by atoms with Crippen LogP contribution in [0.1, 0.15) is 45.4 Å². The molecule has 0 aromatic carbocycles. The number of hydrogen-bond donors (Lipinski definition) is 1. The maximum Gasteiger partial charge on any atom is 0.410 e. The molecule has 2 aromatic rings. The number of carbonyl (C=O) groups excluding carboxylic acids is 1. The molecule has 0 saturated carbocycles. The van der Waals surface area contributed by atoms with Crippen LogP contribution in [0.3, 0.4) is 0 Å². The fraction of sp³-hybridized carbons (Fsp3) is 0.500. The first-order chi connectivity index (χ1) is 11.3. The lowest BCUT2D eigenvalue weighted by molar-refractivity contribution is 0.0198. The van der Waals surface area contributed by atoms with Gasteiger partial charge in [-0.3, -0.25) is 0 Å². The quantitative estimate of drug-likeness (QED) is 0.867. The minimum Gasteiger partial charge on any atom is -0.444 e. The van der Waals surface area contributed by atoms with Gasteiger partial charge in [0.05, 0.1) is 5.69 Å². The van der Waals surface area contributed by atoms with Crippen molar-refractivity contribution < 1.29 is 9.53 Å². The predicted molar refractivity (Wildman–Crippen MR) is 93.6 cm³/mol. The highest BCUT2D eigenvalue weighted by Crippen LogP contribution is 2.31. The second kappa shape index (κ2) is 5.92. The lowest BCUT2D eigenvalue weighted by atomic mass is 9.96. The maximum atomic E-state index is 12.3. The average Bonchev–Trinajstić information content (AvgIpc) is 2.87. The second-order valence-electron chi connectivity index (χ2n) is 7.33. The molecule has 1 amide bonds. The topological polar surface area (TPSA) is 71.1 Å². The lowest BCUT2D eigenvalue weighted by Gasteiger charge is -2.34. The summed E-state index contributed by atoms with van der Waals surface area (Å²) >= 11 is 0. The number of aromatic nitrogens is 3. The highest BCUT2D eigenvalue weighted by Gasteiger charge is 2.29. The molecular formula is C18H24N4O2. The Morgan fingerprint density at radius 1 is 1.38 bits per heavy atom. The van der Waals surface area contributed by atoms with Crippen LogP contribution in [0.5, 0.6) is 0 Å². The van der Waals surface area contributed by atoms with E-state index in [1.54, 1.807) is 11.2 Å². The largest absolute Gasteiger partial charge is 0.444 e. The van der Waals surface area contributed by atoms with Crippen molar-refractivity contribution in [1.82, 2.24) is 19.9 Å². The highest BCUT2D eigenvalue weighted by molar-refractivity contribution is 5.91. The highest BCUT2D eigenvalue weighted by atomic mass is 16.6. The fourth-order valence-corrected chi connectivity index (χ4v) is 3.03. The lowest BCUT2D eigenvalue weighted by Crippen LogP contribution is -2.44. The van der Waals surface area contributed by atoms with E-state index in [0.29, 0.717) is 6.54 Å². The minimum atomic E-state index is -0.484. The number of carbonyl (C=O) groups is 1. The summed E-state index contributed by atoms with van der Waals surface area (Å²) < 4.78 is 5.49. The van der Waals surface area contributed by atoms with Crippen molar-refractivity contribution in [3.8, 4) is 0 Å². The number of H-pyrrole nitrogens is 1.